The first kappa shape index (κ1) is 15.4. The first-order valence-corrected chi connectivity index (χ1v) is 7.16. The van der Waals surface area contributed by atoms with E-state index < -0.39 is 5.91 Å². The number of nitrogens with zero attached hydrogens (tertiary/aromatic N) is 2. The maximum Gasteiger partial charge on any atom is 0.272 e. The number of hydrogen-bond donors (Lipinski definition) is 1. The van der Waals surface area contributed by atoms with Gasteiger partial charge in [-0.2, -0.15) is 0 Å². The largest absolute Gasteiger partial charge is 0.384 e. The van der Waals surface area contributed by atoms with Crippen molar-refractivity contribution in [3.05, 3.63) is 29.6 Å². The zero-order chi connectivity index (χ0) is 15.2. The molecule has 1 aromatic rings. The SMILES string of the molecule is COCC1CCCCN(C(=O)c2ccc(C(N)=O)cn2)C1. The Labute approximate surface area is 124 Å². The highest BCUT2D eigenvalue weighted by Gasteiger charge is 2.23. The number of carbonyl (C=O) groups is 2. The maximum absolute atomic E-state index is 12.5. The van der Waals surface area contributed by atoms with Gasteiger partial charge in [0.15, 0.2) is 0 Å². The molecule has 1 unspecified atom stereocenters. The van der Waals surface area contributed by atoms with E-state index in [1.165, 1.54) is 12.3 Å². The van der Waals surface area contributed by atoms with Crippen LogP contribution in [0.5, 0.6) is 0 Å². The van der Waals surface area contributed by atoms with Crippen molar-refractivity contribution in [3.8, 4) is 0 Å². The van der Waals surface area contributed by atoms with E-state index in [2.05, 4.69) is 4.98 Å². The predicted molar refractivity (Wildman–Crippen MR) is 77.9 cm³/mol. The number of pyridine rings is 1. The summed E-state index contributed by atoms with van der Waals surface area (Å²) in [5.74, 6) is -0.281. The highest BCUT2D eigenvalue weighted by atomic mass is 16.5. The molecule has 2 heterocycles. The number of nitrogens with two attached hydrogens (primary N) is 1. The van der Waals surface area contributed by atoms with Crippen LogP contribution in [0.25, 0.3) is 0 Å². The summed E-state index contributed by atoms with van der Waals surface area (Å²) in [6.45, 7) is 2.09. The lowest BCUT2D eigenvalue weighted by atomic mass is 10.0. The van der Waals surface area contributed by atoms with Crippen molar-refractivity contribution < 1.29 is 14.3 Å². The molecule has 0 aliphatic carbocycles. The number of methoxy groups -OCH3 is 1. The highest BCUT2D eigenvalue weighted by Crippen LogP contribution is 2.18. The van der Waals surface area contributed by atoms with E-state index in [1.54, 1.807) is 13.2 Å². The third-order valence-corrected chi connectivity index (χ3v) is 3.73. The van der Waals surface area contributed by atoms with Gasteiger partial charge in [-0.15, -0.1) is 0 Å². The van der Waals surface area contributed by atoms with Crippen LogP contribution in [0.4, 0.5) is 0 Å². The van der Waals surface area contributed by atoms with Crippen molar-refractivity contribution in [1.82, 2.24) is 9.88 Å². The van der Waals surface area contributed by atoms with Crippen LogP contribution in [0.3, 0.4) is 0 Å². The van der Waals surface area contributed by atoms with Gasteiger partial charge in [0.25, 0.3) is 5.91 Å². The smallest absolute Gasteiger partial charge is 0.272 e. The fourth-order valence-corrected chi connectivity index (χ4v) is 2.61. The second-order valence-corrected chi connectivity index (χ2v) is 5.36. The molecule has 0 saturated carbocycles. The summed E-state index contributed by atoms with van der Waals surface area (Å²) in [7, 11) is 1.68. The maximum atomic E-state index is 12.5. The molecule has 1 saturated heterocycles. The molecule has 1 aliphatic rings. The zero-order valence-corrected chi connectivity index (χ0v) is 12.2. The van der Waals surface area contributed by atoms with Gasteiger partial charge in [-0.05, 0) is 30.9 Å². The Kier molecular flexibility index (Phi) is 5.27. The summed E-state index contributed by atoms with van der Waals surface area (Å²) in [6.07, 6.45) is 4.52. The number of rotatable bonds is 4. The molecule has 0 aromatic carbocycles. The average molecular weight is 291 g/mol. The van der Waals surface area contributed by atoms with Gasteiger partial charge >= 0.3 is 0 Å². The summed E-state index contributed by atoms with van der Waals surface area (Å²) in [4.78, 5) is 29.4. The molecule has 2 N–H and O–H groups in total. The van der Waals surface area contributed by atoms with Crippen LogP contribution in [0, 0.1) is 5.92 Å². The van der Waals surface area contributed by atoms with Gasteiger partial charge in [0.2, 0.25) is 5.91 Å². The summed E-state index contributed by atoms with van der Waals surface area (Å²) >= 11 is 0. The number of aromatic nitrogens is 1. The number of hydrogen-bond acceptors (Lipinski definition) is 4. The Morgan fingerprint density at radius 3 is 2.86 bits per heavy atom. The first-order valence-electron chi connectivity index (χ1n) is 7.16. The van der Waals surface area contributed by atoms with Crippen LogP contribution < -0.4 is 5.73 Å². The molecule has 1 fully saturated rings. The minimum atomic E-state index is -0.545. The van der Waals surface area contributed by atoms with Crippen LogP contribution in [-0.4, -0.2) is 48.5 Å². The number of ether oxygens (including phenoxy) is 1. The van der Waals surface area contributed by atoms with Crippen LogP contribution in [0.2, 0.25) is 0 Å². The number of carbonyl (C=O) groups excluding carboxylic acids is 2. The fourth-order valence-electron chi connectivity index (χ4n) is 2.61. The third-order valence-electron chi connectivity index (χ3n) is 3.73. The Morgan fingerprint density at radius 2 is 2.24 bits per heavy atom. The summed E-state index contributed by atoms with van der Waals surface area (Å²) in [6, 6.07) is 3.09. The lowest BCUT2D eigenvalue weighted by Crippen LogP contribution is -2.36. The average Bonchev–Trinajstić information content (AvgIpc) is 2.72. The molecule has 1 aromatic heterocycles. The Bertz CT molecular complexity index is 501. The van der Waals surface area contributed by atoms with Gasteiger partial charge in [-0.3, -0.25) is 14.6 Å². The summed E-state index contributed by atoms with van der Waals surface area (Å²) < 4.78 is 5.21. The number of likely N-dealkylation sites (tertiary alicyclic amines) is 1. The lowest BCUT2D eigenvalue weighted by molar-refractivity contribution is 0.0690. The van der Waals surface area contributed by atoms with Crippen LogP contribution in [0.1, 0.15) is 40.1 Å². The standard InChI is InChI=1S/C15H21N3O3/c1-21-10-11-4-2-3-7-18(9-11)15(20)13-6-5-12(8-17-13)14(16)19/h5-6,8,11H,2-4,7,9-10H2,1H3,(H2,16,19). The van der Waals surface area contributed by atoms with E-state index >= 15 is 0 Å². The molecular weight excluding hydrogens is 270 g/mol. The lowest BCUT2D eigenvalue weighted by Gasteiger charge is -2.23. The molecule has 6 nitrogen and oxygen atoms in total. The molecule has 114 valence electrons. The Morgan fingerprint density at radius 1 is 1.43 bits per heavy atom. The fraction of sp³-hybridized carbons (Fsp3) is 0.533. The number of primary amides is 1. The van der Waals surface area contributed by atoms with Crippen molar-refractivity contribution in [2.45, 2.75) is 19.3 Å². The molecule has 21 heavy (non-hydrogen) atoms. The van der Waals surface area contributed by atoms with Gasteiger partial charge in [-0.1, -0.05) is 6.42 Å². The van der Waals surface area contributed by atoms with Crippen molar-refractivity contribution in [2.24, 2.45) is 11.7 Å². The molecule has 2 amide bonds. The molecule has 0 bridgehead atoms. The quantitative estimate of drug-likeness (QED) is 0.899. The first-order chi connectivity index (χ1) is 10.1. The van der Waals surface area contributed by atoms with E-state index in [-0.39, 0.29) is 5.91 Å². The third kappa shape index (κ3) is 4.01. The second-order valence-electron chi connectivity index (χ2n) is 5.36. The predicted octanol–water partition coefficient (Wildman–Crippen LogP) is 1.07. The Balaban J connectivity index is 2.08. The van der Waals surface area contributed by atoms with Gasteiger partial charge in [0, 0.05) is 26.4 Å². The van der Waals surface area contributed by atoms with E-state index in [1.807, 2.05) is 4.90 Å². The molecule has 0 radical (unpaired) electrons. The second kappa shape index (κ2) is 7.17. The topological polar surface area (TPSA) is 85.5 Å². The van der Waals surface area contributed by atoms with Crippen molar-refractivity contribution in [2.75, 3.05) is 26.8 Å². The minimum Gasteiger partial charge on any atom is -0.384 e. The van der Waals surface area contributed by atoms with E-state index in [9.17, 15) is 9.59 Å². The van der Waals surface area contributed by atoms with Crippen molar-refractivity contribution in [3.63, 3.8) is 0 Å². The summed E-state index contributed by atoms with van der Waals surface area (Å²) in [5, 5.41) is 0. The van der Waals surface area contributed by atoms with Gasteiger partial charge < -0.3 is 15.4 Å². The Hall–Kier alpha value is -1.95. The van der Waals surface area contributed by atoms with Crippen molar-refractivity contribution in [1.29, 1.82) is 0 Å². The molecule has 0 spiro atoms. The molecular formula is C15H21N3O3. The van der Waals surface area contributed by atoms with Crippen LogP contribution >= 0.6 is 0 Å². The van der Waals surface area contributed by atoms with Crippen molar-refractivity contribution >= 4 is 11.8 Å². The van der Waals surface area contributed by atoms with Crippen LogP contribution in [-0.2, 0) is 4.74 Å². The molecule has 6 heteroatoms. The number of amides is 2. The monoisotopic (exact) mass is 291 g/mol. The summed E-state index contributed by atoms with van der Waals surface area (Å²) in [5.41, 5.74) is 5.82. The normalized spacial score (nSPS) is 19.1. The minimum absolute atomic E-state index is 0.103. The van der Waals surface area contributed by atoms with E-state index in [4.69, 9.17) is 10.5 Å². The molecule has 1 atom stereocenters. The zero-order valence-electron chi connectivity index (χ0n) is 12.2. The van der Waals surface area contributed by atoms with Crippen LogP contribution in [0.15, 0.2) is 18.3 Å². The highest BCUT2D eigenvalue weighted by molar-refractivity contribution is 5.95. The molecule has 2 rings (SSSR count). The van der Waals surface area contributed by atoms with E-state index in [0.717, 1.165) is 25.8 Å². The van der Waals surface area contributed by atoms with Gasteiger partial charge in [-0.25, -0.2) is 0 Å². The van der Waals surface area contributed by atoms with E-state index in [0.29, 0.717) is 30.3 Å². The van der Waals surface area contributed by atoms with Gasteiger partial charge in [0.1, 0.15) is 5.69 Å². The molecule has 1 aliphatic heterocycles. The van der Waals surface area contributed by atoms with Gasteiger partial charge in [0.05, 0.1) is 12.2 Å².